The van der Waals surface area contributed by atoms with Crippen molar-refractivity contribution < 1.29 is 15.0 Å². The minimum absolute atomic E-state index is 0.156. The normalized spacial score (nSPS) is 29.4. The van der Waals surface area contributed by atoms with Gasteiger partial charge in [0, 0.05) is 0 Å². The molecule has 1 atom stereocenters. The molecule has 0 heterocycles. The largest absolute Gasteiger partial charge is 0.480 e. The molecular formula is C9H17NO3. The van der Waals surface area contributed by atoms with Crippen LogP contribution in [0.1, 0.15) is 26.2 Å². The van der Waals surface area contributed by atoms with E-state index in [2.05, 4.69) is 5.32 Å². The van der Waals surface area contributed by atoms with Crippen molar-refractivity contribution in [1.29, 1.82) is 0 Å². The molecule has 1 saturated carbocycles. The van der Waals surface area contributed by atoms with Crippen LogP contribution in [-0.4, -0.2) is 34.9 Å². The minimum atomic E-state index is -0.789. The van der Waals surface area contributed by atoms with E-state index in [0.29, 0.717) is 18.9 Å². The molecule has 0 bridgehead atoms. The van der Waals surface area contributed by atoms with Crippen LogP contribution in [-0.2, 0) is 4.79 Å². The second-order valence-corrected chi connectivity index (χ2v) is 3.70. The summed E-state index contributed by atoms with van der Waals surface area (Å²) in [6.07, 6.45) is 2.06. The van der Waals surface area contributed by atoms with Gasteiger partial charge in [0.25, 0.3) is 0 Å². The van der Waals surface area contributed by atoms with Crippen LogP contribution in [0.2, 0.25) is 0 Å². The molecule has 0 aromatic heterocycles. The van der Waals surface area contributed by atoms with Crippen molar-refractivity contribution in [2.45, 2.75) is 38.3 Å². The maximum Gasteiger partial charge on any atom is 0.320 e. The predicted molar refractivity (Wildman–Crippen MR) is 48.4 cm³/mol. The fourth-order valence-electron chi connectivity index (χ4n) is 1.58. The number of hydrogen-bond acceptors (Lipinski definition) is 3. The zero-order valence-electron chi connectivity index (χ0n) is 7.86. The maximum absolute atomic E-state index is 10.6. The van der Waals surface area contributed by atoms with E-state index in [1.54, 1.807) is 0 Å². The summed E-state index contributed by atoms with van der Waals surface area (Å²) in [5.74, 6) is -0.328. The molecular weight excluding hydrogens is 170 g/mol. The number of rotatable bonds is 5. The van der Waals surface area contributed by atoms with Crippen LogP contribution >= 0.6 is 0 Å². The first-order chi connectivity index (χ1) is 6.13. The van der Waals surface area contributed by atoms with E-state index in [1.807, 2.05) is 6.92 Å². The second kappa shape index (κ2) is 4.58. The topological polar surface area (TPSA) is 69.6 Å². The number of aliphatic hydroxyl groups excluding tert-OH is 1. The Morgan fingerprint density at radius 3 is 2.62 bits per heavy atom. The fourth-order valence-corrected chi connectivity index (χ4v) is 1.58. The van der Waals surface area contributed by atoms with Gasteiger partial charge in [0.15, 0.2) is 0 Å². The third kappa shape index (κ3) is 2.97. The Bertz CT molecular complexity index is 178. The molecule has 4 heteroatoms. The standard InChI is InChI=1S/C9H17NO3/c1-2-8(9(12)13)10-5-6-3-7(11)4-6/h6-8,10-11H,2-5H2,1H3,(H,12,13). The Hall–Kier alpha value is -0.610. The van der Waals surface area contributed by atoms with E-state index in [1.165, 1.54) is 0 Å². The monoisotopic (exact) mass is 187 g/mol. The highest BCUT2D eigenvalue weighted by atomic mass is 16.4. The summed E-state index contributed by atoms with van der Waals surface area (Å²) in [4.78, 5) is 10.6. The van der Waals surface area contributed by atoms with Crippen LogP contribution in [0.25, 0.3) is 0 Å². The lowest BCUT2D eigenvalue weighted by Gasteiger charge is -2.32. The molecule has 0 aliphatic heterocycles. The van der Waals surface area contributed by atoms with Gasteiger partial charge >= 0.3 is 5.97 Å². The summed E-state index contributed by atoms with van der Waals surface area (Å²) in [6.45, 7) is 2.56. The Morgan fingerprint density at radius 1 is 1.62 bits per heavy atom. The van der Waals surface area contributed by atoms with E-state index in [4.69, 9.17) is 10.2 Å². The van der Waals surface area contributed by atoms with E-state index < -0.39 is 12.0 Å². The molecule has 1 fully saturated rings. The van der Waals surface area contributed by atoms with Gasteiger partial charge in [-0.3, -0.25) is 4.79 Å². The predicted octanol–water partition coefficient (Wildman–Crippen LogP) is 0.210. The molecule has 0 radical (unpaired) electrons. The SMILES string of the molecule is CCC(NCC1CC(O)C1)C(=O)O. The summed E-state index contributed by atoms with van der Waals surface area (Å²) in [6, 6.07) is -0.433. The number of hydrogen-bond donors (Lipinski definition) is 3. The molecule has 13 heavy (non-hydrogen) atoms. The first-order valence-corrected chi connectivity index (χ1v) is 4.77. The molecule has 0 saturated heterocycles. The molecule has 0 spiro atoms. The van der Waals surface area contributed by atoms with Gasteiger partial charge in [0.1, 0.15) is 6.04 Å². The molecule has 1 rings (SSSR count). The number of aliphatic hydroxyl groups is 1. The zero-order chi connectivity index (χ0) is 9.84. The lowest BCUT2D eigenvalue weighted by molar-refractivity contribution is -0.139. The number of nitrogens with one attached hydrogen (secondary N) is 1. The lowest BCUT2D eigenvalue weighted by atomic mass is 9.82. The molecule has 0 amide bonds. The van der Waals surface area contributed by atoms with Gasteiger partial charge in [-0.25, -0.2) is 0 Å². The van der Waals surface area contributed by atoms with Crippen LogP contribution < -0.4 is 5.32 Å². The molecule has 0 aromatic carbocycles. The van der Waals surface area contributed by atoms with E-state index in [-0.39, 0.29) is 6.10 Å². The lowest BCUT2D eigenvalue weighted by Crippen LogP contribution is -2.43. The Morgan fingerprint density at radius 2 is 2.23 bits per heavy atom. The van der Waals surface area contributed by atoms with Crippen molar-refractivity contribution in [1.82, 2.24) is 5.32 Å². The van der Waals surface area contributed by atoms with E-state index in [0.717, 1.165) is 12.8 Å². The number of aliphatic carboxylic acids is 1. The van der Waals surface area contributed by atoms with Gasteiger partial charge in [0.2, 0.25) is 0 Å². The smallest absolute Gasteiger partial charge is 0.320 e. The van der Waals surface area contributed by atoms with Crippen LogP contribution in [0.3, 0.4) is 0 Å². The highest BCUT2D eigenvalue weighted by Crippen LogP contribution is 2.26. The fraction of sp³-hybridized carbons (Fsp3) is 0.889. The minimum Gasteiger partial charge on any atom is -0.480 e. The van der Waals surface area contributed by atoms with Gasteiger partial charge < -0.3 is 15.5 Å². The van der Waals surface area contributed by atoms with Crippen molar-refractivity contribution in [3.8, 4) is 0 Å². The van der Waals surface area contributed by atoms with Crippen LogP contribution in [0.5, 0.6) is 0 Å². The molecule has 1 unspecified atom stereocenters. The first kappa shape index (κ1) is 10.5. The van der Waals surface area contributed by atoms with Gasteiger partial charge in [-0.2, -0.15) is 0 Å². The zero-order valence-corrected chi connectivity index (χ0v) is 7.86. The summed E-state index contributed by atoms with van der Waals surface area (Å²) < 4.78 is 0. The molecule has 0 aromatic rings. The van der Waals surface area contributed by atoms with Crippen molar-refractivity contribution >= 4 is 5.97 Å². The number of carboxylic acid groups (broad SMARTS) is 1. The van der Waals surface area contributed by atoms with Crippen molar-refractivity contribution in [3.63, 3.8) is 0 Å². The van der Waals surface area contributed by atoms with Gasteiger partial charge in [-0.1, -0.05) is 6.92 Å². The average Bonchev–Trinajstić information content (AvgIpc) is 2.01. The maximum atomic E-state index is 10.6. The highest BCUT2D eigenvalue weighted by molar-refractivity contribution is 5.73. The van der Waals surface area contributed by atoms with Crippen molar-refractivity contribution in [3.05, 3.63) is 0 Å². The second-order valence-electron chi connectivity index (χ2n) is 3.70. The van der Waals surface area contributed by atoms with Crippen molar-refractivity contribution in [2.24, 2.45) is 5.92 Å². The third-order valence-electron chi connectivity index (χ3n) is 2.57. The van der Waals surface area contributed by atoms with Crippen LogP contribution in [0, 0.1) is 5.92 Å². The third-order valence-corrected chi connectivity index (χ3v) is 2.57. The van der Waals surface area contributed by atoms with Crippen LogP contribution in [0.4, 0.5) is 0 Å². The molecule has 76 valence electrons. The van der Waals surface area contributed by atoms with Gasteiger partial charge in [-0.15, -0.1) is 0 Å². The summed E-state index contributed by atoms with van der Waals surface area (Å²) >= 11 is 0. The van der Waals surface area contributed by atoms with E-state index in [9.17, 15) is 4.79 Å². The quantitative estimate of drug-likeness (QED) is 0.575. The average molecular weight is 187 g/mol. The Kier molecular flexibility index (Phi) is 3.69. The first-order valence-electron chi connectivity index (χ1n) is 4.77. The van der Waals surface area contributed by atoms with Crippen molar-refractivity contribution in [2.75, 3.05) is 6.54 Å². The summed E-state index contributed by atoms with van der Waals surface area (Å²) in [7, 11) is 0. The van der Waals surface area contributed by atoms with Gasteiger partial charge in [0.05, 0.1) is 6.10 Å². The molecule has 4 nitrogen and oxygen atoms in total. The van der Waals surface area contributed by atoms with Gasteiger partial charge in [-0.05, 0) is 31.7 Å². The Balaban J connectivity index is 2.13. The summed E-state index contributed by atoms with van der Waals surface area (Å²) in [5.41, 5.74) is 0. The summed E-state index contributed by atoms with van der Waals surface area (Å²) in [5, 5.41) is 20.7. The highest BCUT2D eigenvalue weighted by Gasteiger charge is 2.27. The molecule has 1 aliphatic carbocycles. The van der Waals surface area contributed by atoms with Crippen LogP contribution in [0.15, 0.2) is 0 Å². The molecule has 3 N–H and O–H groups in total. The van der Waals surface area contributed by atoms with E-state index >= 15 is 0 Å². The number of carboxylic acids is 1. The molecule has 1 aliphatic rings. The Labute approximate surface area is 78.0 Å². The number of carbonyl (C=O) groups is 1.